The molecule has 2 unspecified atom stereocenters. The number of carbonyl (C=O) groups excluding carboxylic acids is 3. The number of esters is 1. The normalized spacial score (nSPS) is 12.2. The predicted molar refractivity (Wildman–Crippen MR) is 304 cm³/mol. The lowest BCUT2D eigenvalue weighted by atomic mass is 9.71. The standard InChI is InChI=1S/C23H24N4OS.C21H24N2O2.C9H8N2O.C6H14O2Si/c1-23(2,21(28)26-22-24-11-12-29-22)19(13-16-7-5-4-6-8-16)17-9-10-20-18(14-17)15-25-27(20)3;1-21(2,20(24)25-4)18(12-15-8-6-5-7-9-15)16-10-11-19-17(13-16)14-22-23(19)3;1-11-9-3-2-7(6-12)4-8(9)5-10-11;1-6(7-2)8-9(3,4)5/h4-12,14-15,19H,13H2,1-3H3,(H,24,26,28);5-11,13-14,18H,12H2,1-4H3;2-6H,1H3;1H2,2-5H3. The summed E-state index contributed by atoms with van der Waals surface area (Å²) in [5.74, 6) is 0.204. The number of benzene rings is 5. The first-order valence-electron chi connectivity index (χ1n) is 24.6. The topological polar surface area (TPSA) is 157 Å². The Morgan fingerprint density at radius 3 is 1.52 bits per heavy atom. The summed E-state index contributed by atoms with van der Waals surface area (Å²) in [5, 5.41) is 21.4. The number of methoxy groups -OCH3 is 2. The molecule has 0 spiro atoms. The molecular formula is C59H70N8O6SSi. The smallest absolute Gasteiger partial charge is 0.311 e. The number of rotatable bonds is 15. The van der Waals surface area contributed by atoms with E-state index in [9.17, 15) is 14.4 Å². The molecule has 4 heterocycles. The van der Waals surface area contributed by atoms with Gasteiger partial charge in [-0.2, -0.15) is 15.3 Å². The Balaban J connectivity index is 0.000000179. The minimum atomic E-state index is -1.47. The highest BCUT2D eigenvalue weighted by Crippen LogP contribution is 2.42. The lowest BCUT2D eigenvalue weighted by Crippen LogP contribution is -2.37. The maximum Gasteiger partial charge on any atom is 0.311 e. The van der Waals surface area contributed by atoms with Crippen molar-refractivity contribution in [1.29, 1.82) is 0 Å². The van der Waals surface area contributed by atoms with Gasteiger partial charge in [-0.05, 0) is 118 Å². The summed E-state index contributed by atoms with van der Waals surface area (Å²) >= 11 is 1.43. The fourth-order valence-electron chi connectivity index (χ4n) is 8.82. The van der Waals surface area contributed by atoms with Crippen molar-refractivity contribution in [2.45, 2.75) is 72.0 Å². The number of amides is 1. The summed E-state index contributed by atoms with van der Waals surface area (Å²) in [6.07, 6.45) is 9.57. The van der Waals surface area contributed by atoms with Crippen LogP contribution in [0.2, 0.25) is 19.6 Å². The Morgan fingerprint density at radius 2 is 1.12 bits per heavy atom. The minimum Gasteiger partial charge on any atom is -0.520 e. The number of ether oxygens (including phenoxy) is 2. The third-order valence-corrected chi connectivity index (χ3v) is 14.7. The van der Waals surface area contributed by atoms with Gasteiger partial charge < -0.3 is 19.2 Å². The average Bonchev–Trinajstić information content (AvgIpc) is 4.23. The number of hydrogen-bond donors (Lipinski definition) is 1. The summed E-state index contributed by atoms with van der Waals surface area (Å²) in [5.41, 5.74) is 7.28. The monoisotopic (exact) mass is 1050 g/mol. The first kappa shape index (κ1) is 56.6. The minimum absolute atomic E-state index is 0.00512. The summed E-state index contributed by atoms with van der Waals surface area (Å²) in [6.45, 7) is 17.7. The van der Waals surface area contributed by atoms with E-state index in [0.717, 1.165) is 63.0 Å². The second-order valence-electron chi connectivity index (χ2n) is 20.4. The molecule has 1 N–H and O–H groups in total. The van der Waals surface area contributed by atoms with Crippen molar-refractivity contribution < 1.29 is 28.3 Å². The van der Waals surface area contributed by atoms with E-state index in [1.54, 1.807) is 30.3 Å². The molecule has 75 heavy (non-hydrogen) atoms. The van der Waals surface area contributed by atoms with Crippen molar-refractivity contribution in [2.24, 2.45) is 32.0 Å². The molecule has 0 aliphatic rings. The molecule has 0 radical (unpaired) electrons. The summed E-state index contributed by atoms with van der Waals surface area (Å²) < 4.78 is 20.7. The van der Waals surface area contributed by atoms with Crippen LogP contribution in [-0.2, 0) is 57.5 Å². The highest BCUT2D eigenvalue weighted by Gasteiger charge is 2.40. The van der Waals surface area contributed by atoms with E-state index in [0.29, 0.717) is 16.6 Å². The number of hydrogen-bond acceptors (Lipinski definition) is 11. The lowest BCUT2D eigenvalue weighted by molar-refractivity contribution is -0.152. The van der Waals surface area contributed by atoms with Crippen LogP contribution in [0.15, 0.2) is 158 Å². The first-order valence-corrected chi connectivity index (χ1v) is 28.9. The molecule has 0 saturated heterocycles. The Bertz CT molecular complexity index is 3320. The van der Waals surface area contributed by atoms with Gasteiger partial charge >= 0.3 is 5.97 Å². The Hall–Kier alpha value is -7.69. The van der Waals surface area contributed by atoms with E-state index >= 15 is 0 Å². The Kier molecular flexibility index (Phi) is 18.9. The van der Waals surface area contributed by atoms with E-state index in [2.05, 4.69) is 112 Å². The maximum atomic E-state index is 13.2. The van der Waals surface area contributed by atoms with E-state index in [-0.39, 0.29) is 23.7 Å². The van der Waals surface area contributed by atoms with Gasteiger partial charge in [0.05, 0.1) is 60.2 Å². The van der Waals surface area contributed by atoms with Gasteiger partial charge in [-0.1, -0.05) is 86.6 Å². The van der Waals surface area contributed by atoms with E-state index in [1.165, 1.54) is 29.6 Å². The predicted octanol–water partition coefficient (Wildman–Crippen LogP) is 12.5. The quantitative estimate of drug-likeness (QED) is 0.0453. The van der Waals surface area contributed by atoms with Crippen molar-refractivity contribution in [1.82, 2.24) is 34.3 Å². The molecular weight excluding hydrogens is 977 g/mol. The van der Waals surface area contributed by atoms with Crippen molar-refractivity contribution >= 4 is 75.7 Å². The first-order chi connectivity index (χ1) is 35.6. The molecule has 9 rings (SSSR count). The zero-order valence-corrected chi connectivity index (χ0v) is 47.0. The van der Waals surface area contributed by atoms with Gasteiger partial charge in [0.1, 0.15) is 6.29 Å². The van der Waals surface area contributed by atoms with Crippen LogP contribution < -0.4 is 5.32 Å². The molecule has 0 fully saturated rings. The molecule has 5 aromatic carbocycles. The van der Waals surface area contributed by atoms with Crippen molar-refractivity contribution in [3.8, 4) is 0 Å². The lowest BCUT2D eigenvalue weighted by Gasteiger charge is -2.33. The van der Waals surface area contributed by atoms with Crippen LogP contribution in [0.1, 0.15) is 72.1 Å². The second-order valence-corrected chi connectivity index (χ2v) is 25.7. The average molecular weight is 1050 g/mol. The number of nitrogens with zero attached hydrogens (tertiary/aromatic N) is 7. The van der Waals surface area contributed by atoms with E-state index in [1.807, 2.05) is 125 Å². The van der Waals surface area contributed by atoms with Crippen LogP contribution >= 0.6 is 11.3 Å². The molecule has 14 nitrogen and oxygen atoms in total. The van der Waals surface area contributed by atoms with Crippen LogP contribution in [0.25, 0.3) is 32.7 Å². The van der Waals surface area contributed by atoms with Crippen LogP contribution in [0, 0.1) is 10.8 Å². The maximum absolute atomic E-state index is 13.2. The third kappa shape index (κ3) is 14.8. The van der Waals surface area contributed by atoms with Gasteiger partial charge in [0.2, 0.25) is 14.2 Å². The molecule has 0 aliphatic carbocycles. The molecule has 0 saturated carbocycles. The Labute approximate surface area is 445 Å². The van der Waals surface area contributed by atoms with Crippen molar-refractivity contribution in [3.63, 3.8) is 0 Å². The number of aryl methyl sites for hydroxylation is 3. The fraction of sp³-hybridized carbons (Fsp3) is 0.305. The highest BCUT2D eigenvalue weighted by atomic mass is 32.1. The number of fused-ring (bicyclic) bond motifs is 3. The molecule has 9 aromatic rings. The number of nitrogens with one attached hydrogen (secondary N) is 1. The van der Waals surface area contributed by atoms with E-state index < -0.39 is 19.1 Å². The van der Waals surface area contributed by atoms with Crippen LogP contribution in [0.3, 0.4) is 0 Å². The summed E-state index contributed by atoms with van der Waals surface area (Å²) in [4.78, 5) is 40.3. The van der Waals surface area contributed by atoms with Gasteiger partial charge in [-0.15, -0.1) is 11.3 Å². The van der Waals surface area contributed by atoms with Crippen LogP contribution in [0.5, 0.6) is 0 Å². The Morgan fingerprint density at radius 1 is 0.667 bits per heavy atom. The van der Waals surface area contributed by atoms with Crippen molar-refractivity contribution in [3.05, 3.63) is 186 Å². The highest BCUT2D eigenvalue weighted by molar-refractivity contribution is 7.13. The van der Waals surface area contributed by atoms with E-state index in [4.69, 9.17) is 13.9 Å². The van der Waals surface area contributed by atoms with Gasteiger partial charge in [-0.3, -0.25) is 28.4 Å². The molecule has 16 heteroatoms. The van der Waals surface area contributed by atoms with Gasteiger partial charge in [0, 0.05) is 66.3 Å². The number of aldehydes is 1. The summed E-state index contributed by atoms with van der Waals surface area (Å²) in [7, 11) is 7.29. The van der Waals surface area contributed by atoms with Gasteiger partial charge in [-0.25, -0.2) is 4.98 Å². The van der Waals surface area contributed by atoms with Crippen LogP contribution in [-0.4, -0.2) is 75.0 Å². The molecule has 0 aliphatic heterocycles. The zero-order chi connectivity index (χ0) is 54.5. The van der Waals surface area contributed by atoms with Crippen LogP contribution in [0.4, 0.5) is 5.13 Å². The van der Waals surface area contributed by atoms with Crippen molar-refractivity contribution in [2.75, 3.05) is 19.5 Å². The summed E-state index contributed by atoms with van der Waals surface area (Å²) in [6, 6.07) is 38.8. The third-order valence-electron chi connectivity index (χ3n) is 13.2. The van der Waals surface area contributed by atoms with Gasteiger partial charge in [0.25, 0.3) is 5.95 Å². The number of carbonyl (C=O) groups is 3. The number of aromatic nitrogens is 7. The molecule has 1 amide bonds. The fourth-order valence-corrected chi connectivity index (χ4v) is 10.1. The molecule has 392 valence electrons. The number of thiazole rings is 1. The largest absolute Gasteiger partial charge is 0.520 e. The molecule has 2 atom stereocenters. The SMILES string of the molecule is C=C(OC)O[Si](C)(C)C.COC(=O)C(C)(C)C(Cc1ccccc1)c1ccc2c(cnn2C)c1.Cn1ncc2cc(C(Cc3ccccc3)C(C)(C)C(=O)Nc3nccs3)ccc21.Cn1ncc2cc(C=O)ccc21. The zero-order valence-electron chi connectivity index (χ0n) is 45.2. The number of anilines is 1. The molecule has 4 aromatic heterocycles. The molecule has 0 bridgehead atoms. The second kappa shape index (κ2) is 25.0. The van der Waals surface area contributed by atoms with Gasteiger partial charge in [0.15, 0.2) is 5.13 Å².